The van der Waals surface area contributed by atoms with E-state index in [2.05, 4.69) is 0 Å². The maximum absolute atomic E-state index is 14.5. The lowest BCUT2D eigenvalue weighted by molar-refractivity contribution is -0.265. The van der Waals surface area contributed by atoms with Crippen molar-refractivity contribution in [3.05, 3.63) is 47.6 Å². The van der Waals surface area contributed by atoms with Gasteiger partial charge < -0.3 is 43.3 Å². The Labute approximate surface area is 411 Å². The summed E-state index contributed by atoms with van der Waals surface area (Å²) >= 11 is 0. The SMILES string of the molecule is CO[C@H]1C[C@@H]2CC[C@@H](C)[C@@](O)(O2)C(=O)C(=O)N2CCCC[C@H]2C(=O)O[C@H]([C@H](C)C[C@@H]2CC[C@@H](OP(C)(C)=O)[C@H](OC)C2)CC(=O)C(C)=CC(C)[C@@H](O)[C@@H](OC)C(=O)[C@H](C)C[C@H](C)C=CC=CC=C1C. The molecule has 0 aromatic carbocycles. The Morgan fingerprint density at radius 2 is 1.58 bits per heavy atom. The van der Waals surface area contributed by atoms with Crippen molar-refractivity contribution >= 4 is 36.6 Å². The number of carbonyl (C=O) groups excluding carboxylic acids is 5. The van der Waals surface area contributed by atoms with Crippen LogP contribution in [-0.4, -0.2) is 140 Å². The molecule has 390 valence electrons. The van der Waals surface area contributed by atoms with Crippen LogP contribution in [0, 0.1) is 35.5 Å². The molecule has 69 heavy (non-hydrogen) atoms. The summed E-state index contributed by atoms with van der Waals surface area (Å²) in [6.45, 7) is 15.9. The van der Waals surface area contributed by atoms with Crippen molar-refractivity contribution < 1.29 is 67.0 Å². The van der Waals surface area contributed by atoms with Crippen LogP contribution in [0.1, 0.15) is 126 Å². The van der Waals surface area contributed by atoms with Gasteiger partial charge in [-0.05, 0) is 107 Å². The van der Waals surface area contributed by atoms with Gasteiger partial charge in [0.1, 0.15) is 18.2 Å². The highest BCUT2D eigenvalue weighted by Gasteiger charge is 2.53. The summed E-state index contributed by atoms with van der Waals surface area (Å²) in [4.78, 5) is 72.2. The third kappa shape index (κ3) is 16.2. The molecule has 1 aliphatic carbocycles. The van der Waals surface area contributed by atoms with Crippen LogP contribution in [0.4, 0.5) is 0 Å². The second-order valence-corrected chi connectivity index (χ2v) is 23.6. The van der Waals surface area contributed by atoms with Gasteiger partial charge in [0.25, 0.3) is 11.7 Å². The quantitative estimate of drug-likeness (QED) is 0.136. The summed E-state index contributed by atoms with van der Waals surface area (Å²) in [6.07, 6.45) is 11.4. The number of ether oxygens (including phenoxy) is 5. The van der Waals surface area contributed by atoms with E-state index in [-0.39, 0.29) is 60.9 Å². The van der Waals surface area contributed by atoms with E-state index in [0.717, 1.165) is 12.0 Å². The molecule has 4 aliphatic rings. The minimum Gasteiger partial charge on any atom is -0.460 e. The second kappa shape index (κ2) is 26.5. The molecular formula is C53H84NO14P. The Hall–Kier alpha value is -3.14. The van der Waals surface area contributed by atoms with Gasteiger partial charge in [-0.2, -0.15) is 0 Å². The average molecular weight is 990 g/mol. The van der Waals surface area contributed by atoms with Crippen molar-refractivity contribution in [2.24, 2.45) is 35.5 Å². The summed E-state index contributed by atoms with van der Waals surface area (Å²) in [7, 11) is 1.76. The number of Topliss-reactive ketones (excluding diaryl/α,β-unsaturated/α-hetero) is 3. The number of nitrogens with zero attached hydrogens (tertiary/aromatic N) is 1. The normalized spacial score (nSPS) is 36.6. The Balaban J connectivity index is 1.70. The van der Waals surface area contributed by atoms with Crippen LogP contribution in [0.2, 0.25) is 0 Å². The van der Waals surface area contributed by atoms with Crippen molar-refractivity contribution in [3.8, 4) is 0 Å². The zero-order chi connectivity index (χ0) is 51.4. The molecule has 0 spiro atoms. The first-order valence-electron chi connectivity index (χ1n) is 25.2. The van der Waals surface area contributed by atoms with Crippen LogP contribution in [0.25, 0.3) is 0 Å². The van der Waals surface area contributed by atoms with Gasteiger partial charge in [0.2, 0.25) is 5.79 Å². The summed E-state index contributed by atoms with van der Waals surface area (Å²) in [5.41, 5.74) is 1.18. The minimum absolute atomic E-state index is 0.0144. The summed E-state index contributed by atoms with van der Waals surface area (Å²) in [6, 6.07) is -1.16. The largest absolute Gasteiger partial charge is 0.460 e. The van der Waals surface area contributed by atoms with Gasteiger partial charge in [0.15, 0.2) is 18.9 Å². The molecule has 4 rings (SSSR count). The number of hydrogen-bond donors (Lipinski definition) is 2. The Kier molecular flexibility index (Phi) is 22.5. The topological polar surface area (TPSA) is 201 Å². The van der Waals surface area contributed by atoms with Crippen molar-refractivity contribution in [1.29, 1.82) is 0 Å². The van der Waals surface area contributed by atoms with Crippen LogP contribution in [0.15, 0.2) is 47.6 Å². The molecule has 1 unspecified atom stereocenters. The Morgan fingerprint density at radius 1 is 0.870 bits per heavy atom. The fourth-order valence-electron chi connectivity index (χ4n) is 10.6. The number of piperidine rings is 1. The number of aliphatic hydroxyl groups is 2. The summed E-state index contributed by atoms with van der Waals surface area (Å²) in [5, 5.41) is 23.5. The Morgan fingerprint density at radius 3 is 2.23 bits per heavy atom. The first kappa shape index (κ1) is 58.4. The van der Waals surface area contributed by atoms with Gasteiger partial charge in [-0.1, -0.05) is 71.1 Å². The van der Waals surface area contributed by atoms with Crippen molar-refractivity contribution in [2.45, 2.75) is 180 Å². The molecule has 2 N–H and O–H groups in total. The second-order valence-electron chi connectivity index (χ2n) is 20.9. The van der Waals surface area contributed by atoms with Gasteiger partial charge in [0.05, 0.1) is 30.5 Å². The van der Waals surface area contributed by atoms with Crippen LogP contribution in [0.5, 0.6) is 0 Å². The number of fused-ring (bicyclic) bond motifs is 3. The lowest BCUT2D eigenvalue weighted by Crippen LogP contribution is -2.61. The molecule has 15 atom stereocenters. The summed E-state index contributed by atoms with van der Waals surface area (Å²) in [5.74, 6) is -8.08. The van der Waals surface area contributed by atoms with E-state index >= 15 is 0 Å². The number of rotatable bonds is 8. The monoisotopic (exact) mass is 990 g/mol. The minimum atomic E-state index is -2.79. The molecule has 0 aromatic rings. The number of allylic oxidation sites excluding steroid dienone is 6. The number of hydrogen-bond acceptors (Lipinski definition) is 14. The third-order valence-electron chi connectivity index (χ3n) is 14.9. The maximum atomic E-state index is 14.5. The first-order chi connectivity index (χ1) is 32.4. The number of carbonyl (C=O) groups is 5. The average Bonchev–Trinajstić information content (AvgIpc) is 3.30. The molecule has 3 aliphatic heterocycles. The molecule has 1 amide bonds. The van der Waals surface area contributed by atoms with E-state index in [1.807, 2.05) is 58.1 Å². The smallest absolute Gasteiger partial charge is 0.329 e. The van der Waals surface area contributed by atoms with Gasteiger partial charge in [0, 0.05) is 71.8 Å². The molecule has 15 nitrogen and oxygen atoms in total. The molecule has 3 fully saturated rings. The highest BCUT2D eigenvalue weighted by molar-refractivity contribution is 7.57. The molecule has 1 saturated carbocycles. The van der Waals surface area contributed by atoms with Gasteiger partial charge in [-0.25, -0.2) is 4.79 Å². The summed E-state index contributed by atoms with van der Waals surface area (Å²) < 4.78 is 48.2. The highest BCUT2D eigenvalue weighted by Crippen LogP contribution is 2.45. The van der Waals surface area contributed by atoms with Gasteiger partial charge in [-0.3, -0.25) is 23.7 Å². The third-order valence-corrected chi connectivity index (χ3v) is 15.6. The van der Waals surface area contributed by atoms with Gasteiger partial charge >= 0.3 is 5.97 Å². The fourth-order valence-corrected chi connectivity index (χ4v) is 11.5. The highest BCUT2D eigenvalue weighted by atomic mass is 31.2. The molecule has 2 bridgehead atoms. The molecule has 3 heterocycles. The molecule has 0 aromatic heterocycles. The predicted molar refractivity (Wildman–Crippen MR) is 263 cm³/mol. The molecule has 2 saturated heterocycles. The van der Waals surface area contributed by atoms with Crippen LogP contribution >= 0.6 is 7.37 Å². The van der Waals surface area contributed by atoms with E-state index in [9.17, 15) is 38.8 Å². The number of cyclic esters (lactones) is 1. The van der Waals surface area contributed by atoms with E-state index in [1.165, 1.54) is 12.0 Å². The fraction of sp³-hybridized carbons (Fsp3) is 0.755. The number of methoxy groups -OCH3 is 3. The predicted octanol–water partition coefficient (Wildman–Crippen LogP) is 7.74. The maximum Gasteiger partial charge on any atom is 0.329 e. The van der Waals surface area contributed by atoms with Crippen LogP contribution in [-0.2, 0) is 56.7 Å². The van der Waals surface area contributed by atoms with E-state index in [0.29, 0.717) is 63.4 Å². The molecular weight excluding hydrogens is 906 g/mol. The van der Waals surface area contributed by atoms with Crippen LogP contribution in [0.3, 0.4) is 0 Å². The number of esters is 1. The first-order valence-corrected chi connectivity index (χ1v) is 27.7. The van der Waals surface area contributed by atoms with Crippen molar-refractivity contribution in [3.63, 3.8) is 0 Å². The number of aliphatic hydroxyl groups excluding tert-OH is 1. The van der Waals surface area contributed by atoms with Crippen LogP contribution < -0.4 is 0 Å². The molecule has 0 radical (unpaired) electrons. The van der Waals surface area contributed by atoms with E-state index < -0.39 is 85.1 Å². The molecule has 16 heteroatoms. The van der Waals surface area contributed by atoms with Gasteiger partial charge in [-0.15, -0.1) is 0 Å². The number of ketones is 3. The van der Waals surface area contributed by atoms with Crippen molar-refractivity contribution in [2.75, 3.05) is 41.2 Å². The lowest BCUT2D eigenvalue weighted by Gasteiger charge is -2.42. The van der Waals surface area contributed by atoms with E-state index in [4.69, 9.17) is 28.2 Å². The Bertz CT molecular complexity index is 1940. The number of amides is 1. The zero-order valence-electron chi connectivity index (χ0n) is 43.4. The van der Waals surface area contributed by atoms with E-state index in [1.54, 1.807) is 54.4 Å². The zero-order valence-corrected chi connectivity index (χ0v) is 44.3. The lowest BCUT2D eigenvalue weighted by atomic mass is 9.78. The standard InChI is InChI=1S/C53H84NO14P/c1-32-18-14-13-15-19-33(2)44(63-8)30-40-23-21-38(7)53(61,67-40)50(58)51(59)54-25-17-16-20-41(54)52(60)66-45(35(4)28-39-22-24-43(46(29-39)64-9)68-69(11,12)62)31-42(55)34(3)27-37(6)48(57)49(65-10)47(56)36(5)26-32/h13-15,18-19,27,32,35-41,43-46,48-49,57,61H,16-17,20-26,28-31H2,1-12H3/t32-,35-,36-,37?,38-,39+,40+,41+,43-,44+,45+,46-,48-,49+,53-/m1/s1. The van der Waals surface area contributed by atoms with Crippen molar-refractivity contribution in [1.82, 2.24) is 4.90 Å².